The molecule has 1 aliphatic carbocycles. The van der Waals surface area contributed by atoms with Crippen molar-refractivity contribution >= 4 is 47.5 Å². The first-order valence-electron chi connectivity index (χ1n) is 14.0. The van der Waals surface area contributed by atoms with Crippen LogP contribution in [0.4, 0.5) is 10.1 Å². The third kappa shape index (κ3) is 7.86. The van der Waals surface area contributed by atoms with Crippen LogP contribution in [0.25, 0.3) is 16.5 Å². The molecule has 5 rings (SSSR count). The summed E-state index contributed by atoms with van der Waals surface area (Å²) in [7, 11) is 2.03. The lowest BCUT2D eigenvalue weighted by molar-refractivity contribution is 0.281. The van der Waals surface area contributed by atoms with Gasteiger partial charge in [0, 0.05) is 30.6 Å². The van der Waals surface area contributed by atoms with Crippen molar-refractivity contribution in [3.8, 4) is 5.69 Å². The molecule has 2 heterocycles. The number of hydrogen-bond donors (Lipinski definition) is 3. The smallest absolute Gasteiger partial charge is 0.265 e. The summed E-state index contributed by atoms with van der Waals surface area (Å²) < 4.78 is 18.2. The Morgan fingerprint density at radius 2 is 1.95 bits per heavy atom. The number of pyridine rings is 1. The van der Waals surface area contributed by atoms with Gasteiger partial charge >= 0.3 is 0 Å². The van der Waals surface area contributed by atoms with E-state index in [0.29, 0.717) is 34.8 Å². The second-order valence-electron chi connectivity index (χ2n) is 9.46. The highest BCUT2D eigenvalue weighted by Crippen LogP contribution is 2.41. The van der Waals surface area contributed by atoms with Crippen LogP contribution in [0.5, 0.6) is 0 Å². The van der Waals surface area contributed by atoms with Gasteiger partial charge in [-0.15, -0.1) is 11.8 Å². The third-order valence-electron chi connectivity index (χ3n) is 6.79. The van der Waals surface area contributed by atoms with Crippen molar-refractivity contribution in [1.29, 1.82) is 0 Å². The number of fused-ring (bicyclic) bond motifs is 1. The van der Waals surface area contributed by atoms with E-state index < -0.39 is 11.4 Å². The molecule has 43 heavy (non-hydrogen) atoms. The fourth-order valence-electron chi connectivity index (χ4n) is 4.67. The van der Waals surface area contributed by atoms with Crippen LogP contribution in [0.3, 0.4) is 0 Å². The summed E-state index contributed by atoms with van der Waals surface area (Å²) >= 11 is 1.73. The molecule has 4 aromatic rings. The number of rotatable bonds is 9. The topological polar surface area (TPSA) is 122 Å². The molecule has 1 fully saturated rings. The molecule has 11 heteroatoms. The van der Waals surface area contributed by atoms with E-state index in [1.54, 1.807) is 42.2 Å². The molecular formula is C32H40FN7O2S. The lowest BCUT2D eigenvalue weighted by atomic mass is 10.0. The summed E-state index contributed by atoms with van der Waals surface area (Å²) in [4.78, 5) is 24.8. The first-order chi connectivity index (χ1) is 20.9. The number of nitrogens with one attached hydrogen (secondary N) is 1. The maximum Gasteiger partial charge on any atom is 0.265 e. The number of aliphatic hydroxyl groups is 1. The summed E-state index contributed by atoms with van der Waals surface area (Å²) in [6.07, 6.45) is 7.80. The number of halogens is 1. The minimum Gasteiger partial charge on any atom is -0.392 e. The average molecular weight is 606 g/mol. The number of amidine groups is 1. The summed E-state index contributed by atoms with van der Waals surface area (Å²) in [6, 6.07) is 12.3. The molecule has 0 bridgehead atoms. The van der Waals surface area contributed by atoms with Crippen molar-refractivity contribution in [1.82, 2.24) is 9.13 Å². The SMILES string of the molecule is C=N/C(=N\CN)c1cccc(-n2ccc3cc(C4CC4)cc(F)c3c2=O)c1CO.C=NCNc1cc(SC)n(C)c1.CC. The van der Waals surface area contributed by atoms with Crippen LogP contribution in [-0.4, -0.2) is 53.1 Å². The van der Waals surface area contributed by atoms with Crippen molar-refractivity contribution in [2.45, 2.75) is 44.2 Å². The van der Waals surface area contributed by atoms with Crippen LogP contribution < -0.4 is 16.6 Å². The molecule has 9 nitrogen and oxygen atoms in total. The molecule has 0 saturated heterocycles. The maximum absolute atomic E-state index is 14.8. The summed E-state index contributed by atoms with van der Waals surface area (Å²) in [5.74, 6) is 0.136. The number of anilines is 1. The number of aryl methyl sites for hydroxylation is 1. The standard InChI is InChI=1S/C22H21FN4O2.C8H13N3S.C2H6/c1-25-21(26-12-24)16-3-2-4-19(17(16)11-28)27-8-7-14-9-15(13-5-6-13)10-18(23)20(14)22(27)29;1-9-6-10-7-4-8(12-3)11(2)5-7;1-2/h2-4,7-10,13,28H,1,5-6,11-12,24H2;4-5,10H,1,6H2,2-3H3;1-2H3/b26-21-;;. The van der Waals surface area contributed by atoms with Crippen LogP contribution >= 0.6 is 11.8 Å². The molecule has 228 valence electrons. The number of thioether (sulfide) groups is 1. The molecule has 0 radical (unpaired) electrons. The Bertz CT molecular complexity index is 1660. The second-order valence-corrected chi connectivity index (χ2v) is 10.3. The molecule has 1 aliphatic rings. The Morgan fingerprint density at radius 3 is 2.53 bits per heavy atom. The Morgan fingerprint density at radius 1 is 1.21 bits per heavy atom. The number of hydrogen-bond acceptors (Lipinski definition) is 7. The maximum atomic E-state index is 14.8. The lowest BCUT2D eigenvalue weighted by Crippen LogP contribution is -2.21. The number of aliphatic imine (C=N–C) groups is 3. The minimum atomic E-state index is -0.524. The highest BCUT2D eigenvalue weighted by molar-refractivity contribution is 7.98. The molecule has 1 saturated carbocycles. The van der Waals surface area contributed by atoms with Crippen molar-refractivity contribution in [2.24, 2.45) is 27.8 Å². The number of nitrogens with zero attached hydrogens (tertiary/aromatic N) is 5. The molecule has 0 unspecified atom stereocenters. The molecule has 0 amide bonds. The van der Waals surface area contributed by atoms with E-state index in [4.69, 9.17) is 5.73 Å². The fourth-order valence-corrected chi connectivity index (χ4v) is 5.25. The Hall–Kier alpha value is -4.06. The predicted molar refractivity (Wildman–Crippen MR) is 179 cm³/mol. The second kappa shape index (κ2) is 16.0. The van der Waals surface area contributed by atoms with Gasteiger partial charge in [-0.1, -0.05) is 32.0 Å². The fraction of sp³-hybridized carbons (Fsp3) is 0.312. The van der Waals surface area contributed by atoms with E-state index >= 15 is 0 Å². The third-order valence-corrected chi connectivity index (χ3v) is 7.62. The minimum absolute atomic E-state index is 0.00785. The summed E-state index contributed by atoms with van der Waals surface area (Å²) in [5.41, 5.74) is 8.40. The number of benzene rings is 2. The highest BCUT2D eigenvalue weighted by Gasteiger charge is 2.25. The van der Waals surface area contributed by atoms with E-state index in [2.05, 4.69) is 50.6 Å². The highest BCUT2D eigenvalue weighted by atomic mass is 32.2. The van der Waals surface area contributed by atoms with Crippen molar-refractivity contribution < 1.29 is 9.50 Å². The zero-order valence-corrected chi connectivity index (χ0v) is 26.0. The van der Waals surface area contributed by atoms with Crippen molar-refractivity contribution in [3.63, 3.8) is 0 Å². The van der Waals surface area contributed by atoms with E-state index in [1.165, 1.54) is 15.7 Å². The Labute approximate surface area is 256 Å². The van der Waals surface area contributed by atoms with Gasteiger partial charge < -0.3 is 20.7 Å². The van der Waals surface area contributed by atoms with E-state index in [-0.39, 0.29) is 24.5 Å². The van der Waals surface area contributed by atoms with Gasteiger partial charge in [-0.2, -0.15) is 0 Å². The van der Waals surface area contributed by atoms with Crippen molar-refractivity contribution in [3.05, 3.63) is 87.7 Å². The molecule has 4 N–H and O–H groups in total. The Kier molecular flexibility index (Phi) is 12.4. The first kappa shape index (κ1) is 33.4. The van der Waals surface area contributed by atoms with Crippen LogP contribution in [-0.2, 0) is 13.7 Å². The number of aliphatic hydroxyl groups excluding tert-OH is 1. The first-order valence-corrected chi connectivity index (χ1v) is 15.3. The lowest BCUT2D eigenvalue weighted by Gasteiger charge is -2.15. The largest absolute Gasteiger partial charge is 0.392 e. The van der Waals surface area contributed by atoms with Gasteiger partial charge in [-0.3, -0.25) is 19.3 Å². The predicted octanol–water partition coefficient (Wildman–Crippen LogP) is 5.71. The van der Waals surface area contributed by atoms with Crippen LogP contribution in [0.1, 0.15) is 49.3 Å². The quantitative estimate of drug-likeness (QED) is 0.128. The van der Waals surface area contributed by atoms with Gasteiger partial charge in [-0.25, -0.2) is 9.38 Å². The van der Waals surface area contributed by atoms with Gasteiger partial charge in [0.25, 0.3) is 5.56 Å². The number of aromatic nitrogens is 2. The summed E-state index contributed by atoms with van der Waals surface area (Å²) in [5, 5.41) is 15.0. The van der Waals surface area contributed by atoms with Gasteiger partial charge in [0.05, 0.1) is 35.1 Å². The molecule has 2 aromatic carbocycles. The zero-order chi connectivity index (χ0) is 31.5. The zero-order valence-electron chi connectivity index (χ0n) is 25.2. The van der Waals surface area contributed by atoms with Gasteiger partial charge in [-0.05, 0) is 73.7 Å². The van der Waals surface area contributed by atoms with Crippen LogP contribution in [0.15, 0.2) is 79.7 Å². The van der Waals surface area contributed by atoms with Crippen LogP contribution in [0, 0.1) is 5.82 Å². The van der Waals surface area contributed by atoms with Crippen LogP contribution in [0.2, 0.25) is 0 Å². The number of nitrogens with two attached hydrogens (primary N) is 1. The van der Waals surface area contributed by atoms with Gasteiger partial charge in [0.2, 0.25) is 0 Å². The average Bonchev–Trinajstić information content (AvgIpc) is 3.82. The normalized spacial score (nSPS) is 12.6. The Balaban J connectivity index is 0.000000303. The van der Waals surface area contributed by atoms with Crippen molar-refractivity contribution in [2.75, 3.05) is 24.9 Å². The van der Waals surface area contributed by atoms with Gasteiger partial charge in [0.15, 0.2) is 5.84 Å². The molecule has 0 aliphatic heterocycles. The molecule has 2 aromatic heterocycles. The molecule has 0 spiro atoms. The monoisotopic (exact) mass is 605 g/mol. The molecule has 0 atom stereocenters. The van der Waals surface area contributed by atoms with E-state index in [9.17, 15) is 14.3 Å². The summed E-state index contributed by atoms with van der Waals surface area (Å²) in [6.45, 7) is 11.1. The van der Waals surface area contributed by atoms with E-state index in [1.807, 2.05) is 33.2 Å². The van der Waals surface area contributed by atoms with Gasteiger partial charge in [0.1, 0.15) is 12.5 Å². The van der Waals surface area contributed by atoms with E-state index in [0.717, 1.165) is 24.1 Å². The molecular weight excluding hydrogens is 565 g/mol.